The first-order chi connectivity index (χ1) is 15.1. The van der Waals surface area contributed by atoms with E-state index >= 15 is 0 Å². The first-order valence-electron chi connectivity index (χ1n) is 10.3. The van der Waals surface area contributed by atoms with Gasteiger partial charge in [-0.05, 0) is 43.2 Å². The fourth-order valence-corrected chi connectivity index (χ4v) is 4.14. The molecule has 8 heteroatoms. The molecule has 0 bridgehead atoms. The minimum Gasteiger partial charge on any atom is -0.508 e. The highest BCUT2D eigenvalue weighted by atomic mass is 16.5. The van der Waals surface area contributed by atoms with Gasteiger partial charge >= 0.3 is 5.97 Å². The van der Waals surface area contributed by atoms with E-state index in [0.717, 1.165) is 11.0 Å². The number of benzene rings is 2. The van der Waals surface area contributed by atoms with Gasteiger partial charge in [0.1, 0.15) is 5.75 Å². The zero-order chi connectivity index (χ0) is 22.0. The van der Waals surface area contributed by atoms with Crippen LogP contribution in [0.1, 0.15) is 24.9 Å². The first-order valence-corrected chi connectivity index (χ1v) is 10.3. The molecule has 0 unspecified atom stereocenters. The molecule has 1 N–H and O–H groups in total. The summed E-state index contributed by atoms with van der Waals surface area (Å²) in [5.41, 5.74) is 2.15. The van der Waals surface area contributed by atoms with E-state index in [1.165, 1.54) is 0 Å². The number of carbonyl (C=O) groups excluding carboxylic acids is 2. The molecule has 0 saturated heterocycles. The second-order valence-corrected chi connectivity index (χ2v) is 7.38. The maximum absolute atomic E-state index is 13.6. The number of esters is 1. The van der Waals surface area contributed by atoms with Gasteiger partial charge in [-0.2, -0.15) is 0 Å². The number of imidazole rings is 1. The summed E-state index contributed by atoms with van der Waals surface area (Å²) >= 11 is 0. The molecule has 1 aromatic heterocycles. The van der Waals surface area contributed by atoms with Gasteiger partial charge in [0.15, 0.2) is 5.92 Å². The second kappa shape index (κ2) is 8.77. The van der Waals surface area contributed by atoms with Crippen LogP contribution in [0.15, 0.2) is 48.5 Å². The summed E-state index contributed by atoms with van der Waals surface area (Å²) in [4.78, 5) is 32.9. The lowest BCUT2D eigenvalue weighted by Gasteiger charge is -2.38. The molecule has 3 aromatic rings. The van der Waals surface area contributed by atoms with E-state index < -0.39 is 17.9 Å². The molecule has 1 amide bonds. The van der Waals surface area contributed by atoms with Crippen molar-refractivity contribution in [1.29, 1.82) is 0 Å². The van der Waals surface area contributed by atoms with Gasteiger partial charge in [0.2, 0.25) is 11.9 Å². The Morgan fingerprint density at radius 1 is 1.19 bits per heavy atom. The number of fused-ring (bicyclic) bond motifs is 3. The summed E-state index contributed by atoms with van der Waals surface area (Å²) in [6.45, 7) is 2.71. The topological polar surface area (TPSA) is 93.9 Å². The van der Waals surface area contributed by atoms with Gasteiger partial charge in [0, 0.05) is 20.3 Å². The van der Waals surface area contributed by atoms with E-state index in [4.69, 9.17) is 14.5 Å². The number of aromatic hydroxyl groups is 1. The van der Waals surface area contributed by atoms with E-state index in [0.29, 0.717) is 31.1 Å². The number of nitrogens with zero attached hydrogens (tertiary/aromatic N) is 3. The van der Waals surface area contributed by atoms with Crippen molar-refractivity contribution < 1.29 is 24.2 Å². The molecule has 4 rings (SSSR count). The van der Waals surface area contributed by atoms with Crippen molar-refractivity contribution in [3.8, 4) is 5.75 Å². The van der Waals surface area contributed by atoms with E-state index in [9.17, 15) is 14.7 Å². The lowest BCUT2D eigenvalue weighted by atomic mass is 9.89. The maximum atomic E-state index is 13.6. The third-order valence-corrected chi connectivity index (χ3v) is 5.43. The van der Waals surface area contributed by atoms with Crippen molar-refractivity contribution in [2.75, 3.05) is 31.8 Å². The van der Waals surface area contributed by atoms with Crippen LogP contribution in [0, 0.1) is 5.92 Å². The highest BCUT2D eigenvalue weighted by Crippen LogP contribution is 2.41. The molecule has 2 atom stereocenters. The highest BCUT2D eigenvalue weighted by Gasteiger charge is 2.47. The number of phenolic OH excluding ortho intramolecular Hbond substituents is 1. The number of hydrogen-bond donors (Lipinski definition) is 1. The van der Waals surface area contributed by atoms with E-state index in [-0.39, 0.29) is 18.3 Å². The zero-order valence-electron chi connectivity index (χ0n) is 17.5. The smallest absolute Gasteiger partial charge is 0.321 e. The summed E-state index contributed by atoms with van der Waals surface area (Å²) in [7, 11) is 1.60. The quantitative estimate of drug-likeness (QED) is 0.357. The summed E-state index contributed by atoms with van der Waals surface area (Å²) < 4.78 is 12.4. The fourth-order valence-electron chi connectivity index (χ4n) is 4.14. The Bertz CT molecular complexity index is 1110. The number of ether oxygens (including phenoxy) is 2. The molecule has 0 fully saturated rings. The molecule has 1 aliphatic heterocycles. The predicted molar refractivity (Wildman–Crippen MR) is 115 cm³/mol. The van der Waals surface area contributed by atoms with Crippen molar-refractivity contribution in [3.63, 3.8) is 0 Å². The molecule has 2 aromatic carbocycles. The molecule has 2 heterocycles. The Morgan fingerprint density at radius 3 is 2.74 bits per heavy atom. The molecular weight excluding hydrogens is 398 g/mol. The molecule has 0 radical (unpaired) electrons. The molecular formula is C23H25N3O5. The van der Waals surface area contributed by atoms with Gasteiger partial charge in [-0.25, -0.2) is 4.98 Å². The Kier molecular flexibility index (Phi) is 5.90. The first kappa shape index (κ1) is 20.9. The number of hydrogen-bond acceptors (Lipinski definition) is 6. The maximum Gasteiger partial charge on any atom is 0.321 e. The zero-order valence-corrected chi connectivity index (χ0v) is 17.5. The van der Waals surface area contributed by atoms with Gasteiger partial charge < -0.3 is 19.1 Å². The minimum atomic E-state index is -1.10. The molecule has 8 nitrogen and oxygen atoms in total. The highest BCUT2D eigenvalue weighted by molar-refractivity contribution is 6.08. The lowest BCUT2D eigenvalue weighted by Crippen LogP contribution is -2.50. The van der Waals surface area contributed by atoms with Crippen molar-refractivity contribution in [1.82, 2.24) is 9.55 Å². The SMILES string of the molecule is CCOC(=O)[C@@H]1C(=O)N(CCCOC)c2nc3ccccc3n2[C@H]1c1cccc(O)c1. The minimum absolute atomic E-state index is 0.0565. The van der Waals surface area contributed by atoms with Gasteiger partial charge in [0.05, 0.1) is 23.7 Å². The number of anilines is 1. The number of aromatic nitrogens is 2. The fraction of sp³-hybridized carbons (Fsp3) is 0.348. The molecule has 0 saturated carbocycles. The number of phenols is 1. The third kappa shape index (κ3) is 3.74. The summed E-state index contributed by atoms with van der Waals surface area (Å²) in [6, 6.07) is 13.5. The average molecular weight is 423 g/mol. The van der Waals surface area contributed by atoms with E-state index in [1.807, 2.05) is 28.8 Å². The molecule has 31 heavy (non-hydrogen) atoms. The van der Waals surface area contributed by atoms with Crippen LogP contribution in [0.3, 0.4) is 0 Å². The van der Waals surface area contributed by atoms with Crippen LogP contribution < -0.4 is 4.90 Å². The van der Waals surface area contributed by atoms with Crippen molar-refractivity contribution in [2.45, 2.75) is 19.4 Å². The predicted octanol–water partition coefficient (Wildman–Crippen LogP) is 2.89. The Morgan fingerprint density at radius 2 is 2.00 bits per heavy atom. The second-order valence-electron chi connectivity index (χ2n) is 7.38. The van der Waals surface area contributed by atoms with Gasteiger partial charge in [0.25, 0.3) is 0 Å². The molecule has 0 spiro atoms. The van der Waals surface area contributed by atoms with Crippen LogP contribution in [0.25, 0.3) is 11.0 Å². The average Bonchev–Trinajstić information content (AvgIpc) is 3.14. The van der Waals surface area contributed by atoms with Crippen molar-refractivity contribution >= 4 is 28.9 Å². The monoisotopic (exact) mass is 423 g/mol. The Balaban J connectivity index is 1.94. The Hall–Kier alpha value is -3.39. The van der Waals surface area contributed by atoms with Crippen LogP contribution in [0.2, 0.25) is 0 Å². The number of para-hydroxylation sites is 2. The van der Waals surface area contributed by atoms with Gasteiger partial charge in [-0.15, -0.1) is 0 Å². The van der Waals surface area contributed by atoms with Crippen LogP contribution >= 0.6 is 0 Å². The summed E-state index contributed by atoms with van der Waals surface area (Å²) in [5.74, 6) is -1.54. The van der Waals surface area contributed by atoms with Gasteiger partial charge in [-0.1, -0.05) is 24.3 Å². The van der Waals surface area contributed by atoms with Gasteiger partial charge in [-0.3, -0.25) is 14.5 Å². The number of rotatable bonds is 7. The third-order valence-electron chi connectivity index (χ3n) is 5.43. The van der Waals surface area contributed by atoms with E-state index in [1.54, 1.807) is 43.2 Å². The Labute approximate surface area is 180 Å². The molecule has 0 aliphatic carbocycles. The standard InChI is InChI=1S/C23H25N3O5/c1-3-31-22(29)19-20(15-8-6-9-16(27)14-15)26-18-11-5-4-10-17(18)24-23(26)25(21(19)28)12-7-13-30-2/h4-6,8-11,14,19-20,27H,3,7,12-13H2,1-2H3/t19-,20-/m0/s1. The summed E-state index contributed by atoms with van der Waals surface area (Å²) in [5, 5.41) is 10.1. The number of carbonyl (C=O) groups is 2. The number of methoxy groups -OCH3 is 1. The van der Waals surface area contributed by atoms with Crippen LogP contribution in [-0.2, 0) is 19.1 Å². The summed E-state index contributed by atoms with van der Waals surface area (Å²) in [6.07, 6.45) is 0.595. The largest absolute Gasteiger partial charge is 0.508 e. The van der Waals surface area contributed by atoms with Crippen molar-refractivity contribution in [2.24, 2.45) is 5.92 Å². The van der Waals surface area contributed by atoms with E-state index in [2.05, 4.69) is 0 Å². The van der Waals surface area contributed by atoms with Crippen LogP contribution in [0.5, 0.6) is 5.75 Å². The molecule has 162 valence electrons. The molecule has 1 aliphatic rings. The van der Waals surface area contributed by atoms with Crippen molar-refractivity contribution in [3.05, 3.63) is 54.1 Å². The number of amides is 1. The van der Waals surface area contributed by atoms with Crippen LogP contribution in [-0.4, -0.2) is 53.4 Å². The lowest BCUT2D eigenvalue weighted by molar-refractivity contribution is -0.153. The normalized spacial score (nSPS) is 18.3. The van der Waals surface area contributed by atoms with Crippen LogP contribution in [0.4, 0.5) is 5.95 Å².